The Kier molecular flexibility index (Phi) is 4.01. The maximum atomic E-state index is 12.4. The number of hydrogen-bond acceptors (Lipinski definition) is 3. The van der Waals surface area contributed by atoms with Crippen molar-refractivity contribution in [3.63, 3.8) is 0 Å². The second-order valence-corrected chi connectivity index (χ2v) is 5.05. The van der Waals surface area contributed by atoms with Crippen molar-refractivity contribution in [3.05, 3.63) is 18.2 Å². The molecule has 100 valence electrons. The Labute approximate surface area is 108 Å². The minimum absolute atomic E-state index is 0.00695. The molecule has 2 heterocycles. The number of imidazole rings is 1. The molecule has 2 N–H and O–H groups in total. The van der Waals surface area contributed by atoms with Gasteiger partial charge in [0.15, 0.2) is 5.82 Å². The third-order valence-electron chi connectivity index (χ3n) is 3.95. The van der Waals surface area contributed by atoms with Crippen molar-refractivity contribution in [2.75, 3.05) is 13.1 Å². The molecule has 0 aromatic carbocycles. The smallest absolute Gasteiger partial charge is 0.290 e. The molecule has 0 saturated carbocycles. The number of amides is 1. The minimum Gasteiger partial charge on any atom is -0.332 e. The van der Waals surface area contributed by atoms with Gasteiger partial charge in [-0.1, -0.05) is 13.3 Å². The molecule has 0 spiro atoms. The van der Waals surface area contributed by atoms with Crippen LogP contribution in [0.2, 0.25) is 0 Å². The lowest BCUT2D eigenvalue weighted by Gasteiger charge is -2.38. The fourth-order valence-corrected chi connectivity index (χ4v) is 2.70. The number of aryl methyl sites for hydroxylation is 1. The molecule has 5 nitrogen and oxygen atoms in total. The number of nitrogens with two attached hydrogens (primary N) is 1. The number of likely N-dealkylation sites (tertiary alicyclic amines) is 1. The molecule has 1 aliphatic rings. The lowest BCUT2D eigenvalue weighted by molar-refractivity contribution is 0.0542. The van der Waals surface area contributed by atoms with E-state index in [-0.39, 0.29) is 11.9 Å². The van der Waals surface area contributed by atoms with Gasteiger partial charge in [0, 0.05) is 38.6 Å². The van der Waals surface area contributed by atoms with E-state index in [1.807, 2.05) is 11.9 Å². The first kappa shape index (κ1) is 13.1. The van der Waals surface area contributed by atoms with E-state index in [1.165, 1.54) is 6.42 Å². The SMILES string of the molecule is CCC1CCN(C(=O)c2nccn2C)C(CN)C1. The molecule has 1 aromatic heterocycles. The van der Waals surface area contributed by atoms with E-state index >= 15 is 0 Å². The Balaban J connectivity index is 2.13. The number of piperidine rings is 1. The van der Waals surface area contributed by atoms with Gasteiger partial charge in [0.05, 0.1) is 0 Å². The van der Waals surface area contributed by atoms with Crippen LogP contribution in [0.1, 0.15) is 36.8 Å². The maximum Gasteiger partial charge on any atom is 0.290 e. The van der Waals surface area contributed by atoms with Crippen LogP contribution < -0.4 is 5.73 Å². The van der Waals surface area contributed by atoms with Crippen LogP contribution in [0.5, 0.6) is 0 Å². The first-order valence-corrected chi connectivity index (χ1v) is 6.65. The van der Waals surface area contributed by atoms with Crippen LogP contribution in [0.4, 0.5) is 0 Å². The van der Waals surface area contributed by atoms with Gasteiger partial charge in [-0.3, -0.25) is 4.79 Å². The van der Waals surface area contributed by atoms with Crippen LogP contribution in [0, 0.1) is 5.92 Å². The third kappa shape index (κ3) is 2.41. The van der Waals surface area contributed by atoms with Gasteiger partial charge < -0.3 is 15.2 Å². The monoisotopic (exact) mass is 250 g/mol. The summed E-state index contributed by atoms with van der Waals surface area (Å²) in [4.78, 5) is 18.5. The molecule has 2 rings (SSSR count). The zero-order valence-electron chi connectivity index (χ0n) is 11.2. The van der Waals surface area contributed by atoms with Crippen LogP contribution in [0.25, 0.3) is 0 Å². The van der Waals surface area contributed by atoms with Crippen LogP contribution in [-0.4, -0.2) is 39.5 Å². The summed E-state index contributed by atoms with van der Waals surface area (Å²) >= 11 is 0. The van der Waals surface area contributed by atoms with Crippen LogP contribution in [0.15, 0.2) is 12.4 Å². The molecule has 1 aliphatic heterocycles. The molecule has 1 fully saturated rings. The summed E-state index contributed by atoms with van der Waals surface area (Å²) in [5.74, 6) is 1.21. The Morgan fingerprint density at radius 1 is 1.61 bits per heavy atom. The lowest BCUT2D eigenvalue weighted by atomic mass is 9.89. The molecule has 0 aliphatic carbocycles. The van der Waals surface area contributed by atoms with Crippen LogP contribution >= 0.6 is 0 Å². The largest absolute Gasteiger partial charge is 0.332 e. The summed E-state index contributed by atoms with van der Waals surface area (Å²) in [5, 5.41) is 0. The number of carbonyl (C=O) groups excluding carboxylic acids is 1. The molecule has 0 radical (unpaired) electrons. The highest BCUT2D eigenvalue weighted by Gasteiger charge is 2.31. The summed E-state index contributed by atoms with van der Waals surface area (Å²) in [6, 6.07) is 0.160. The number of rotatable bonds is 3. The van der Waals surface area contributed by atoms with Crippen molar-refractivity contribution in [1.82, 2.24) is 14.5 Å². The Bertz CT molecular complexity index is 415. The molecule has 2 unspecified atom stereocenters. The van der Waals surface area contributed by atoms with Crippen molar-refractivity contribution in [2.24, 2.45) is 18.7 Å². The van der Waals surface area contributed by atoms with E-state index in [1.54, 1.807) is 17.0 Å². The molecule has 1 amide bonds. The molecule has 18 heavy (non-hydrogen) atoms. The highest BCUT2D eigenvalue weighted by atomic mass is 16.2. The second-order valence-electron chi connectivity index (χ2n) is 5.05. The Hall–Kier alpha value is -1.36. The predicted octanol–water partition coefficient (Wildman–Crippen LogP) is 1.01. The third-order valence-corrected chi connectivity index (χ3v) is 3.95. The summed E-state index contributed by atoms with van der Waals surface area (Å²) < 4.78 is 1.77. The average molecular weight is 250 g/mol. The predicted molar refractivity (Wildman–Crippen MR) is 70.1 cm³/mol. The summed E-state index contributed by atoms with van der Waals surface area (Å²) in [6.07, 6.45) is 6.71. The highest BCUT2D eigenvalue weighted by Crippen LogP contribution is 2.25. The number of aromatic nitrogens is 2. The Morgan fingerprint density at radius 2 is 2.39 bits per heavy atom. The molecular weight excluding hydrogens is 228 g/mol. The van der Waals surface area contributed by atoms with Gasteiger partial charge in [0.2, 0.25) is 0 Å². The number of hydrogen-bond donors (Lipinski definition) is 1. The first-order valence-electron chi connectivity index (χ1n) is 6.65. The van der Waals surface area contributed by atoms with E-state index in [9.17, 15) is 4.79 Å². The Morgan fingerprint density at radius 3 is 2.94 bits per heavy atom. The van der Waals surface area contributed by atoms with Gasteiger partial charge in [-0.15, -0.1) is 0 Å². The van der Waals surface area contributed by atoms with Crippen LogP contribution in [-0.2, 0) is 7.05 Å². The molecule has 5 heteroatoms. The normalized spacial score (nSPS) is 24.3. The quantitative estimate of drug-likeness (QED) is 0.870. The standard InChI is InChI=1S/C13H22N4O/c1-3-10-4-6-17(11(8-10)9-14)13(18)12-15-5-7-16(12)2/h5,7,10-11H,3-4,6,8-9,14H2,1-2H3. The van der Waals surface area contributed by atoms with Crippen molar-refractivity contribution < 1.29 is 4.79 Å². The summed E-state index contributed by atoms with van der Waals surface area (Å²) in [6.45, 7) is 3.53. The van der Waals surface area contributed by atoms with Gasteiger partial charge >= 0.3 is 0 Å². The number of nitrogens with zero attached hydrogens (tertiary/aromatic N) is 3. The molecule has 1 saturated heterocycles. The fourth-order valence-electron chi connectivity index (χ4n) is 2.70. The second kappa shape index (κ2) is 5.52. The first-order chi connectivity index (χ1) is 8.67. The zero-order valence-corrected chi connectivity index (χ0v) is 11.2. The van der Waals surface area contributed by atoms with Crippen molar-refractivity contribution in [2.45, 2.75) is 32.2 Å². The summed E-state index contributed by atoms with van der Waals surface area (Å²) in [7, 11) is 1.84. The van der Waals surface area contributed by atoms with E-state index in [2.05, 4.69) is 11.9 Å². The zero-order chi connectivity index (χ0) is 13.1. The fraction of sp³-hybridized carbons (Fsp3) is 0.692. The molecule has 1 aromatic rings. The van der Waals surface area contributed by atoms with Gasteiger partial charge in [0.1, 0.15) is 0 Å². The van der Waals surface area contributed by atoms with Crippen molar-refractivity contribution >= 4 is 5.91 Å². The van der Waals surface area contributed by atoms with E-state index in [0.29, 0.717) is 18.3 Å². The van der Waals surface area contributed by atoms with E-state index < -0.39 is 0 Å². The van der Waals surface area contributed by atoms with Gasteiger partial charge in [-0.05, 0) is 18.8 Å². The highest BCUT2D eigenvalue weighted by molar-refractivity contribution is 5.91. The van der Waals surface area contributed by atoms with Gasteiger partial charge in [0.25, 0.3) is 5.91 Å². The van der Waals surface area contributed by atoms with Gasteiger partial charge in [-0.25, -0.2) is 4.98 Å². The minimum atomic E-state index is 0.00695. The summed E-state index contributed by atoms with van der Waals surface area (Å²) in [5.41, 5.74) is 5.82. The van der Waals surface area contributed by atoms with Crippen molar-refractivity contribution in [1.29, 1.82) is 0 Å². The number of carbonyl (C=O) groups is 1. The van der Waals surface area contributed by atoms with Gasteiger partial charge in [-0.2, -0.15) is 0 Å². The van der Waals surface area contributed by atoms with Crippen molar-refractivity contribution in [3.8, 4) is 0 Å². The maximum absolute atomic E-state index is 12.4. The molecular formula is C13H22N4O. The topological polar surface area (TPSA) is 64.2 Å². The molecule has 0 bridgehead atoms. The molecule has 2 atom stereocenters. The van der Waals surface area contributed by atoms with E-state index in [0.717, 1.165) is 19.4 Å². The lowest BCUT2D eigenvalue weighted by Crippen LogP contribution is -2.50. The average Bonchev–Trinajstić information content (AvgIpc) is 2.83. The van der Waals surface area contributed by atoms with E-state index in [4.69, 9.17) is 5.73 Å². The van der Waals surface area contributed by atoms with Crippen LogP contribution in [0.3, 0.4) is 0 Å².